The van der Waals surface area contributed by atoms with Gasteiger partial charge >= 0.3 is 0 Å². The van der Waals surface area contributed by atoms with Crippen LogP contribution in [0.2, 0.25) is 0 Å². The third-order valence-electron chi connectivity index (χ3n) is 1.19. The summed E-state index contributed by atoms with van der Waals surface area (Å²) in [5.74, 6) is 0.172. The normalized spacial score (nSPS) is 25.9. The van der Waals surface area contributed by atoms with E-state index in [4.69, 9.17) is 11.6 Å². The molecule has 0 saturated heterocycles. The van der Waals surface area contributed by atoms with E-state index in [1.165, 1.54) is 0 Å². The van der Waals surface area contributed by atoms with E-state index in [0.29, 0.717) is 11.5 Å². The van der Waals surface area contributed by atoms with Crippen LogP contribution in [-0.4, -0.2) is 22.8 Å². The van der Waals surface area contributed by atoms with E-state index >= 15 is 0 Å². The van der Waals surface area contributed by atoms with Gasteiger partial charge in [0.05, 0.1) is 0 Å². The predicted molar refractivity (Wildman–Crippen MR) is 40.9 cm³/mol. The lowest BCUT2D eigenvalue weighted by Gasteiger charge is -2.09. The lowest BCUT2D eigenvalue weighted by molar-refractivity contribution is -0.116. The molecule has 0 spiro atoms. The lowest BCUT2D eigenvalue weighted by atomic mass is 10.2. The number of amidine groups is 1. The summed E-state index contributed by atoms with van der Waals surface area (Å²) in [5.41, 5.74) is 0.624. The molecule has 1 rings (SSSR count). The number of hydrogen-bond acceptors (Lipinski definition) is 2. The molecule has 1 aliphatic heterocycles. The zero-order valence-corrected chi connectivity index (χ0v) is 6.51. The van der Waals surface area contributed by atoms with Crippen molar-refractivity contribution in [2.75, 3.05) is 0 Å². The molecule has 0 aromatic carbocycles. The molecule has 1 heterocycles. The molecule has 54 valence electrons. The summed E-state index contributed by atoms with van der Waals surface area (Å²) in [6.07, 6.45) is 0. The van der Waals surface area contributed by atoms with E-state index in [1.54, 1.807) is 13.8 Å². The number of amides is 1. The van der Waals surface area contributed by atoms with Gasteiger partial charge in [-0.3, -0.25) is 4.79 Å². The lowest BCUT2D eigenvalue weighted by Crippen LogP contribution is -2.26. The second-order valence-electron chi connectivity index (χ2n) is 2.11. The Kier molecular flexibility index (Phi) is 1.85. The standard InChI is InChI=1S/C6H7ClN2O/c1-3-5(7)6(10)9-4(2)8-3/h5H,1-2H3. The van der Waals surface area contributed by atoms with E-state index in [2.05, 4.69) is 9.98 Å². The largest absolute Gasteiger partial charge is 0.271 e. The van der Waals surface area contributed by atoms with Gasteiger partial charge in [0.25, 0.3) is 5.91 Å². The molecule has 0 aromatic heterocycles. The zero-order valence-electron chi connectivity index (χ0n) is 5.76. The summed E-state index contributed by atoms with van der Waals surface area (Å²) < 4.78 is 0. The van der Waals surface area contributed by atoms with E-state index in [1.807, 2.05) is 0 Å². The van der Waals surface area contributed by atoms with Crippen LogP contribution >= 0.6 is 11.6 Å². The molecular formula is C6H7ClN2O. The Morgan fingerprint density at radius 2 is 2.00 bits per heavy atom. The third-order valence-corrected chi connectivity index (χ3v) is 1.70. The van der Waals surface area contributed by atoms with Gasteiger partial charge in [0, 0.05) is 5.71 Å². The van der Waals surface area contributed by atoms with Gasteiger partial charge in [-0.2, -0.15) is 4.99 Å². The molecule has 1 unspecified atom stereocenters. The highest BCUT2D eigenvalue weighted by molar-refractivity contribution is 6.44. The Hall–Kier alpha value is -0.700. The molecule has 4 heteroatoms. The van der Waals surface area contributed by atoms with Crippen LogP contribution in [0.3, 0.4) is 0 Å². The van der Waals surface area contributed by atoms with Crippen LogP contribution in [0.25, 0.3) is 0 Å². The van der Waals surface area contributed by atoms with Gasteiger partial charge in [-0.15, -0.1) is 11.6 Å². The van der Waals surface area contributed by atoms with Crippen molar-refractivity contribution in [1.82, 2.24) is 0 Å². The number of halogens is 1. The monoisotopic (exact) mass is 158 g/mol. The maximum absolute atomic E-state index is 10.8. The minimum Gasteiger partial charge on any atom is -0.270 e. The predicted octanol–water partition coefficient (Wildman–Crippen LogP) is 1.01. The Morgan fingerprint density at radius 3 is 2.50 bits per heavy atom. The molecule has 3 nitrogen and oxygen atoms in total. The number of aliphatic imine (C=N–C) groups is 2. The number of alkyl halides is 1. The smallest absolute Gasteiger partial charge is 0.270 e. The van der Waals surface area contributed by atoms with Crippen LogP contribution in [0.1, 0.15) is 13.8 Å². The van der Waals surface area contributed by atoms with Crippen molar-refractivity contribution in [1.29, 1.82) is 0 Å². The first-order chi connectivity index (χ1) is 4.61. The van der Waals surface area contributed by atoms with Crippen LogP contribution in [-0.2, 0) is 4.79 Å². The summed E-state index contributed by atoms with van der Waals surface area (Å²) in [4.78, 5) is 18.3. The van der Waals surface area contributed by atoms with Gasteiger partial charge < -0.3 is 0 Å². The number of hydrogen-bond donors (Lipinski definition) is 0. The van der Waals surface area contributed by atoms with Crippen molar-refractivity contribution < 1.29 is 4.79 Å². The highest BCUT2D eigenvalue weighted by atomic mass is 35.5. The van der Waals surface area contributed by atoms with Crippen molar-refractivity contribution in [2.24, 2.45) is 9.98 Å². The fourth-order valence-corrected chi connectivity index (χ4v) is 0.829. The van der Waals surface area contributed by atoms with Crippen LogP contribution < -0.4 is 0 Å². The SMILES string of the molecule is CC1=NC(=O)C(Cl)C(C)=N1. The molecule has 0 radical (unpaired) electrons. The molecule has 10 heavy (non-hydrogen) atoms. The highest BCUT2D eigenvalue weighted by Gasteiger charge is 2.21. The van der Waals surface area contributed by atoms with Gasteiger partial charge in [0.2, 0.25) is 0 Å². The molecule has 0 aromatic rings. The Balaban J connectivity index is 2.95. The first-order valence-electron chi connectivity index (χ1n) is 2.89. The molecule has 0 aliphatic carbocycles. The molecule has 1 atom stereocenters. The van der Waals surface area contributed by atoms with Gasteiger partial charge in [0.15, 0.2) is 5.38 Å². The Labute approximate surface area is 63.8 Å². The van der Waals surface area contributed by atoms with Gasteiger partial charge in [-0.05, 0) is 13.8 Å². The summed E-state index contributed by atoms with van der Waals surface area (Å²) in [5, 5.41) is -0.649. The average Bonchev–Trinajstić information content (AvgIpc) is 1.82. The third kappa shape index (κ3) is 1.24. The van der Waals surface area contributed by atoms with Crippen LogP contribution in [0, 0.1) is 0 Å². The fraction of sp³-hybridized carbons (Fsp3) is 0.500. The first-order valence-corrected chi connectivity index (χ1v) is 3.33. The maximum Gasteiger partial charge on any atom is 0.271 e. The van der Waals surface area contributed by atoms with Crippen molar-refractivity contribution in [3.05, 3.63) is 0 Å². The number of carbonyl (C=O) groups excluding carboxylic acids is 1. The Bertz CT molecular complexity index is 232. The topological polar surface area (TPSA) is 41.8 Å². The molecule has 0 fully saturated rings. The quantitative estimate of drug-likeness (QED) is 0.485. The molecule has 0 saturated carbocycles. The van der Waals surface area contributed by atoms with Crippen LogP contribution in [0.5, 0.6) is 0 Å². The van der Waals surface area contributed by atoms with E-state index in [-0.39, 0.29) is 5.91 Å². The Morgan fingerprint density at radius 1 is 1.40 bits per heavy atom. The van der Waals surface area contributed by atoms with Gasteiger partial charge in [-0.1, -0.05) is 0 Å². The summed E-state index contributed by atoms with van der Waals surface area (Å²) >= 11 is 5.60. The number of nitrogens with zero attached hydrogens (tertiary/aromatic N) is 2. The second kappa shape index (κ2) is 2.50. The van der Waals surface area contributed by atoms with Gasteiger partial charge in [0.1, 0.15) is 5.84 Å². The van der Waals surface area contributed by atoms with Crippen molar-refractivity contribution >= 4 is 29.1 Å². The van der Waals surface area contributed by atoms with E-state index < -0.39 is 5.38 Å². The summed E-state index contributed by atoms with van der Waals surface area (Å²) in [6.45, 7) is 3.39. The zero-order chi connectivity index (χ0) is 7.72. The minimum atomic E-state index is -0.649. The number of rotatable bonds is 0. The van der Waals surface area contributed by atoms with Gasteiger partial charge in [-0.25, -0.2) is 4.99 Å². The van der Waals surface area contributed by atoms with Crippen molar-refractivity contribution in [3.63, 3.8) is 0 Å². The van der Waals surface area contributed by atoms with Crippen molar-refractivity contribution in [3.8, 4) is 0 Å². The first kappa shape index (κ1) is 7.41. The van der Waals surface area contributed by atoms with Crippen molar-refractivity contribution in [2.45, 2.75) is 19.2 Å². The van der Waals surface area contributed by atoms with E-state index in [0.717, 1.165) is 0 Å². The fourth-order valence-electron chi connectivity index (χ4n) is 0.732. The summed E-state index contributed by atoms with van der Waals surface area (Å²) in [7, 11) is 0. The van der Waals surface area contributed by atoms with Crippen LogP contribution in [0.15, 0.2) is 9.98 Å². The summed E-state index contributed by atoms with van der Waals surface area (Å²) in [6, 6.07) is 0. The highest BCUT2D eigenvalue weighted by Crippen LogP contribution is 2.07. The molecule has 1 aliphatic rings. The minimum absolute atomic E-state index is 0.313. The maximum atomic E-state index is 10.8. The molecule has 0 N–H and O–H groups in total. The van der Waals surface area contributed by atoms with E-state index in [9.17, 15) is 4.79 Å². The molecule has 1 amide bonds. The second-order valence-corrected chi connectivity index (χ2v) is 2.55. The average molecular weight is 159 g/mol. The van der Waals surface area contributed by atoms with Crippen LogP contribution in [0.4, 0.5) is 0 Å². The molecule has 0 bridgehead atoms. The number of carbonyl (C=O) groups is 1. The molecular weight excluding hydrogens is 152 g/mol.